The van der Waals surface area contributed by atoms with E-state index in [9.17, 15) is 14.4 Å². The largest absolute Gasteiger partial charge is 0.467 e. The minimum absolute atomic E-state index is 0. The van der Waals surface area contributed by atoms with Crippen molar-refractivity contribution in [1.29, 1.82) is 0 Å². The third-order valence-electron chi connectivity index (χ3n) is 2.99. The summed E-state index contributed by atoms with van der Waals surface area (Å²) < 4.78 is 4.91. The highest BCUT2D eigenvalue weighted by atomic mass is 32.1. The molecule has 0 fully saturated rings. The van der Waals surface area contributed by atoms with Crippen molar-refractivity contribution in [3.05, 3.63) is 76.6 Å². The van der Waals surface area contributed by atoms with E-state index in [1.165, 1.54) is 4.88 Å². The second-order valence-corrected chi connectivity index (χ2v) is 6.05. The van der Waals surface area contributed by atoms with Crippen molar-refractivity contribution in [2.24, 2.45) is 0 Å². The van der Waals surface area contributed by atoms with Crippen molar-refractivity contribution in [3.63, 3.8) is 0 Å². The first-order valence-electron chi connectivity index (χ1n) is 8.25. The Labute approximate surface area is 189 Å². The number of nitrogens with zero attached hydrogens (tertiary/aromatic N) is 1. The van der Waals surface area contributed by atoms with E-state index < -0.39 is 0 Å². The number of carbonyl (C=O) groups is 3. The fourth-order valence-electron chi connectivity index (χ4n) is 1.77. The van der Waals surface area contributed by atoms with Crippen molar-refractivity contribution in [2.75, 3.05) is 0 Å². The van der Waals surface area contributed by atoms with Gasteiger partial charge in [-0.05, 0) is 35.2 Å². The number of amides is 3. The molecule has 0 unspecified atom stereocenters. The third kappa shape index (κ3) is 17.1. The summed E-state index contributed by atoms with van der Waals surface area (Å²) in [4.78, 5) is 34.5. The zero-order valence-electron chi connectivity index (χ0n) is 15.1. The van der Waals surface area contributed by atoms with Gasteiger partial charge < -0.3 is 20.4 Å². The molecule has 0 saturated carbocycles. The molecule has 31 heavy (non-hydrogen) atoms. The summed E-state index contributed by atoms with van der Waals surface area (Å²) in [6.07, 6.45) is 7.01. The summed E-state index contributed by atoms with van der Waals surface area (Å²) in [6.45, 7) is 1.68. The van der Waals surface area contributed by atoms with Crippen molar-refractivity contribution in [2.45, 2.75) is 41.9 Å². The van der Waals surface area contributed by atoms with E-state index in [4.69, 9.17) is 4.42 Å². The molecule has 0 bridgehead atoms. The molecule has 3 aromatic rings. The molecule has 0 saturated heterocycles. The van der Waals surface area contributed by atoms with Gasteiger partial charge in [-0.1, -0.05) is 34.4 Å². The number of thiophene rings is 1. The minimum atomic E-state index is 0. The Morgan fingerprint density at radius 2 is 1.52 bits per heavy atom. The van der Waals surface area contributed by atoms with E-state index in [1.54, 1.807) is 42.1 Å². The van der Waals surface area contributed by atoms with Crippen LogP contribution in [0.4, 0.5) is 0 Å². The van der Waals surface area contributed by atoms with Crippen molar-refractivity contribution in [3.8, 4) is 0 Å². The van der Waals surface area contributed by atoms with Crippen LogP contribution in [0.5, 0.6) is 0 Å². The molecule has 3 N–H and O–H groups in total. The molecule has 3 rings (SSSR count). The Balaban J connectivity index is -0.000000362. The molecule has 0 aromatic carbocycles. The summed E-state index contributed by atoms with van der Waals surface area (Å²) in [5.74, 6) is 0.766. The first-order chi connectivity index (χ1) is 13.8. The maximum absolute atomic E-state index is 9.85. The Kier molecular flexibility index (Phi) is 23.7. The molecular weight excluding hydrogens is 416 g/mol. The Bertz CT molecular complexity index is 709. The van der Waals surface area contributed by atoms with E-state index in [-0.39, 0.29) is 22.3 Å². The fraction of sp³-hybridized carbons (Fsp3) is 0.273. The van der Waals surface area contributed by atoms with Gasteiger partial charge in [0.15, 0.2) is 0 Å². The highest BCUT2D eigenvalue weighted by Crippen LogP contribution is 2.06. The lowest BCUT2D eigenvalue weighted by molar-refractivity contribution is -0.110. The lowest BCUT2D eigenvalue weighted by atomic mass is 10.3. The van der Waals surface area contributed by atoms with Gasteiger partial charge in [-0.25, -0.2) is 0 Å². The van der Waals surface area contributed by atoms with Crippen LogP contribution in [0.25, 0.3) is 0 Å². The second-order valence-electron chi connectivity index (χ2n) is 5.02. The molecule has 0 atom stereocenters. The molecule has 172 valence electrons. The number of pyridine rings is 1. The van der Waals surface area contributed by atoms with E-state index in [1.807, 2.05) is 29.6 Å². The topological polar surface area (TPSA) is 113 Å². The van der Waals surface area contributed by atoms with E-state index in [0.717, 1.165) is 11.3 Å². The molecule has 0 aliphatic carbocycles. The first-order valence-corrected chi connectivity index (χ1v) is 9.12. The summed E-state index contributed by atoms with van der Waals surface area (Å²) >= 11 is 1.64. The predicted octanol–water partition coefficient (Wildman–Crippen LogP) is 3.76. The molecule has 8 nitrogen and oxygen atoms in total. The molecule has 0 radical (unpaired) electrons. The highest BCUT2D eigenvalue weighted by molar-refractivity contribution is 7.09. The van der Waals surface area contributed by atoms with Gasteiger partial charge in [0.05, 0.1) is 19.4 Å². The van der Waals surface area contributed by atoms with Crippen LogP contribution >= 0.6 is 11.3 Å². The normalized spacial score (nSPS) is 8.00. The Morgan fingerprint density at radius 3 is 2.03 bits per heavy atom. The first kappa shape index (κ1) is 32.2. The number of rotatable bonds is 9. The lowest BCUT2D eigenvalue weighted by Gasteiger charge is -1.95. The summed E-state index contributed by atoms with van der Waals surface area (Å²) in [7, 11) is 0. The third-order valence-corrected chi connectivity index (χ3v) is 3.87. The van der Waals surface area contributed by atoms with Gasteiger partial charge in [0.25, 0.3) is 0 Å². The summed E-state index contributed by atoms with van der Waals surface area (Å²) in [5, 5.41) is 9.59. The van der Waals surface area contributed by atoms with Gasteiger partial charge in [-0.2, -0.15) is 0 Å². The van der Waals surface area contributed by atoms with Crippen LogP contribution in [0, 0.1) is 0 Å². The number of nitrogens with one attached hydrogen (secondary N) is 3. The molecule has 3 aromatic heterocycles. The van der Waals surface area contributed by atoms with Gasteiger partial charge in [-0.3, -0.25) is 19.4 Å². The molecule has 9 heteroatoms. The maximum atomic E-state index is 9.85. The fourth-order valence-corrected chi connectivity index (χ4v) is 2.43. The van der Waals surface area contributed by atoms with Crippen molar-refractivity contribution in [1.82, 2.24) is 20.9 Å². The highest BCUT2D eigenvalue weighted by Gasteiger charge is 1.90. The van der Waals surface area contributed by atoms with Crippen LogP contribution in [0.2, 0.25) is 0 Å². The van der Waals surface area contributed by atoms with Crippen LogP contribution in [0.15, 0.2) is 64.9 Å². The molecule has 3 amide bonds. The van der Waals surface area contributed by atoms with Gasteiger partial charge in [0.1, 0.15) is 5.76 Å². The van der Waals surface area contributed by atoms with Crippen LogP contribution in [-0.2, 0) is 34.0 Å². The molecule has 0 spiro atoms. The Hall–Kier alpha value is -3.46. The zero-order valence-corrected chi connectivity index (χ0v) is 15.9. The molecule has 0 aliphatic rings. The van der Waals surface area contributed by atoms with Gasteiger partial charge in [0.2, 0.25) is 19.2 Å². The van der Waals surface area contributed by atoms with E-state index in [2.05, 4.69) is 20.9 Å². The van der Waals surface area contributed by atoms with Crippen LogP contribution in [0.3, 0.4) is 0 Å². The molecule has 3 heterocycles. The average molecular weight is 451 g/mol. The monoisotopic (exact) mass is 450 g/mol. The van der Waals surface area contributed by atoms with E-state index >= 15 is 0 Å². The number of furan rings is 1. The smallest absolute Gasteiger partial charge is 0.207 e. The van der Waals surface area contributed by atoms with Crippen molar-refractivity contribution >= 4 is 30.6 Å². The Morgan fingerprint density at radius 1 is 0.839 bits per heavy atom. The average Bonchev–Trinajstić information content (AvgIpc) is 3.45. The predicted molar refractivity (Wildman–Crippen MR) is 126 cm³/mol. The van der Waals surface area contributed by atoms with Gasteiger partial charge >= 0.3 is 0 Å². The van der Waals surface area contributed by atoms with E-state index in [0.29, 0.717) is 38.9 Å². The quantitative estimate of drug-likeness (QED) is 0.430. The van der Waals surface area contributed by atoms with Crippen molar-refractivity contribution < 1.29 is 18.8 Å². The minimum Gasteiger partial charge on any atom is -0.467 e. The van der Waals surface area contributed by atoms with Crippen LogP contribution in [-0.4, -0.2) is 24.2 Å². The van der Waals surface area contributed by atoms with Crippen LogP contribution < -0.4 is 16.0 Å². The lowest BCUT2D eigenvalue weighted by Crippen LogP contribution is -2.09. The molecule has 0 aliphatic heterocycles. The second kappa shape index (κ2) is 22.8. The number of aromatic nitrogens is 1. The standard InChI is InChI=1S/C7H8N2O.C6H7NO2.C6H7NOS.3CH4/c10-6-9-5-7-2-1-3-8-4-7;2*8-5-7-4-6-2-1-3-9-6;;;/h1-4,6H,5H2,(H,9,10);2*1-3,5H,4H2,(H,7,8);3*1H4. The zero-order chi connectivity index (χ0) is 20.3. The van der Waals surface area contributed by atoms with Crippen LogP contribution in [0.1, 0.15) is 38.5 Å². The SMILES string of the molecule is C.C.C.O=CNCc1cccnc1.O=CNCc1ccco1.O=CNCc1cccs1. The summed E-state index contributed by atoms with van der Waals surface area (Å²) in [5.41, 5.74) is 1.01. The van der Waals surface area contributed by atoms with Gasteiger partial charge in [0, 0.05) is 23.8 Å². The number of hydrogen-bond acceptors (Lipinski definition) is 6. The maximum Gasteiger partial charge on any atom is 0.207 e. The molecular formula is C22H34N4O4S. The number of hydrogen-bond donors (Lipinski definition) is 3. The number of carbonyl (C=O) groups excluding carboxylic acids is 3. The van der Waals surface area contributed by atoms with Gasteiger partial charge in [-0.15, -0.1) is 11.3 Å². The summed E-state index contributed by atoms with van der Waals surface area (Å²) in [6, 6.07) is 11.3.